The number of nitrogens with one attached hydrogen (secondary N) is 1. The van der Waals surface area contributed by atoms with Crippen LogP contribution in [0.25, 0.3) is 0 Å². The standard InChI is InChI=1S/C19H22N2O5/c1-5-26-18-16(24-3)9-13(10-17(18)25-4)12-20-21-19(22)14-7-6-8-15(11-14)23-2/h6-12H,5H2,1-4H3,(H,21,22)/b20-12+. The molecule has 0 fully saturated rings. The van der Waals surface area contributed by atoms with Gasteiger partial charge in [0.05, 0.1) is 34.2 Å². The number of hydrogen-bond acceptors (Lipinski definition) is 6. The van der Waals surface area contributed by atoms with Crippen LogP contribution in [0.2, 0.25) is 0 Å². The third-order valence-electron chi connectivity index (χ3n) is 3.48. The van der Waals surface area contributed by atoms with E-state index in [1.165, 1.54) is 6.21 Å². The van der Waals surface area contributed by atoms with Gasteiger partial charge in [0.15, 0.2) is 11.5 Å². The van der Waals surface area contributed by atoms with Gasteiger partial charge in [0.2, 0.25) is 5.75 Å². The molecule has 2 aromatic rings. The third kappa shape index (κ3) is 4.66. The number of ether oxygens (including phenoxy) is 4. The summed E-state index contributed by atoms with van der Waals surface area (Å²) in [5.41, 5.74) is 3.61. The van der Waals surface area contributed by atoms with Crippen LogP contribution in [-0.2, 0) is 0 Å². The van der Waals surface area contributed by atoms with E-state index in [-0.39, 0.29) is 5.91 Å². The Bertz CT molecular complexity index is 764. The van der Waals surface area contributed by atoms with Crippen molar-refractivity contribution >= 4 is 12.1 Å². The van der Waals surface area contributed by atoms with E-state index in [9.17, 15) is 4.79 Å². The largest absolute Gasteiger partial charge is 0.497 e. The van der Waals surface area contributed by atoms with Crippen LogP contribution in [-0.4, -0.2) is 40.1 Å². The molecular weight excluding hydrogens is 336 g/mol. The van der Waals surface area contributed by atoms with E-state index in [0.717, 1.165) is 0 Å². The van der Waals surface area contributed by atoms with Crippen molar-refractivity contribution in [3.05, 3.63) is 47.5 Å². The van der Waals surface area contributed by atoms with Gasteiger partial charge in [-0.2, -0.15) is 5.10 Å². The lowest BCUT2D eigenvalue weighted by Gasteiger charge is -2.14. The summed E-state index contributed by atoms with van der Waals surface area (Å²) in [6.07, 6.45) is 1.50. The van der Waals surface area contributed by atoms with Crippen molar-refractivity contribution in [1.29, 1.82) is 0 Å². The summed E-state index contributed by atoms with van der Waals surface area (Å²) >= 11 is 0. The minimum absolute atomic E-state index is 0.343. The average molecular weight is 358 g/mol. The fraction of sp³-hybridized carbons (Fsp3) is 0.263. The molecule has 0 aliphatic heterocycles. The highest BCUT2D eigenvalue weighted by molar-refractivity contribution is 5.95. The van der Waals surface area contributed by atoms with Gasteiger partial charge >= 0.3 is 0 Å². The van der Waals surface area contributed by atoms with Crippen LogP contribution in [0.5, 0.6) is 23.0 Å². The first-order valence-corrected chi connectivity index (χ1v) is 7.99. The smallest absolute Gasteiger partial charge is 0.271 e. The van der Waals surface area contributed by atoms with Gasteiger partial charge in [-0.1, -0.05) is 6.07 Å². The van der Waals surface area contributed by atoms with Crippen LogP contribution in [0.4, 0.5) is 0 Å². The molecule has 1 N–H and O–H groups in total. The van der Waals surface area contributed by atoms with E-state index in [1.807, 2.05) is 6.92 Å². The van der Waals surface area contributed by atoms with Gasteiger partial charge in [-0.05, 0) is 37.3 Å². The van der Waals surface area contributed by atoms with Crippen LogP contribution in [0.15, 0.2) is 41.5 Å². The highest BCUT2D eigenvalue weighted by Gasteiger charge is 2.13. The number of amides is 1. The number of nitrogens with zero attached hydrogens (tertiary/aromatic N) is 1. The molecule has 0 saturated heterocycles. The molecule has 1 amide bonds. The molecule has 0 heterocycles. The lowest BCUT2D eigenvalue weighted by molar-refractivity contribution is 0.0955. The first kappa shape index (κ1) is 19.1. The topological polar surface area (TPSA) is 78.4 Å². The normalized spacial score (nSPS) is 10.5. The number of hydrogen-bond donors (Lipinski definition) is 1. The maximum atomic E-state index is 12.1. The van der Waals surface area contributed by atoms with Gasteiger partial charge < -0.3 is 18.9 Å². The molecule has 0 aliphatic carbocycles. The fourth-order valence-corrected chi connectivity index (χ4v) is 2.26. The maximum absolute atomic E-state index is 12.1. The molecule has 7 nitrogen and oxygen atoms in total. The maximum Gasteiger partial charge on any atom is 0.271 e. The molecule has 0 unspecified atom stereocenters. The average Bonchev–Trinajstić information content (AvgIpc) is 2.68. The molecule has 138 valence electrons. The minimum atomic E-state index is -0.343. The van der Waals surface area contributed by atoms with Crippen molar-refractivity contribution in [2.75, 3.05) is 27.9 Å². The van der Waals surface area contributed by atoms with Crippen molar-refractivity contribution in [2.45, 2.75) is 6.92 Å². The Morgan fingerprint density at radius 3 is 2.35 bits per heavy atom. The van der Waals surface area contributed by atoms with Gasteiger partial charge in [0.1, 0.15) is 5.75 Å². The summed E-state index contributed by atoms with van der Waals surface area (Å²) in [5.74, 6) is 1.82. The Balaban J connectivity index is 2.15. The molecule has 26 heavy (non-hydrogen) atoms. The van der Waals surface area contributed by atoms with E-state index >= 15 is 0 Å². The zero-order valence-electron chi connectivity index (χ0n) is 15.2. The van der Waals surface area contributed by atoms with E-state index in [0.29, 0.717) is 40.7 Å². The molecule has 2 aromatic carbocycles. The second kappa shape index (κ2) is 9.31. The van der Waals surface area contributed by atoms with Gasteiger partial charge in [0.25, 0.3) is 5.91 Å². The molecule has 0 atom stereocenters. The zero-order valence-corrected chi connectivity index (χ0v) is 15.2. The highest BCUT2D eigenvalue weighted by Crippen LogP contribution is 2.38. The Hall–Kier alpha value is -3.22. The van der Waals surface area contributed by atoms with E-state index < -0.39 is 0 Å². The van der Waals surface area contributed by atoms with Crippen molar-refractivity contribution in [2.24, 2.45) is 5.10 Å². The monoisotopic (exact) mass is 358 g/mol. The summed E-state index contributed by atoms with van der Waals surface area (Å²) in [6.45, 7) is 2.36. The van der Waals surface area contributed by atoms with Gasteiger partial charge in [-0.25, -0.2) is 5.43 Å². The number of hydrazone groups is 1. The summed E-state index contributed by atoms with van der Waals surface area (Å²) in [7, 11) is 4.63. The number of benzene rings is 2. The van der Waals surface area contributed by atoms with Crippen LogP contribution in [0, 0.1) is 0 Å². The Morgan fingerprint density at radius 1 is 1.08 bits per heavy atom. The van der Waals surface area contributed by atoms with Crippen LogP contribution in [0.1, 0.15) is 22.8 Å². The number of carbonyl (C=O) groups excluding carboxylic acids is 1. The summed E-state index contributed by atoms with van der Waals surface area (Å²) in [5, 5.41) is 3.98. The second-order valence-electron chi connectivity index (χ2n) is 5.12. The first-order chi connectivity index (χ1) is 12.6. The molecule has 0 spiro atoms. The van der Waals surface area contributed by atoms with Crippen LogP contribution in [0.3, 0.4) is 0 Å². The Morgan fingerprint density at radius 2 is 1.77 bits per heavy atom. The van der Waals surface area contributed by atoms with Crippen molar-refractivity contribution < 1.29 is 23.7 Å². The van der Waals surface area contributed by atoms with E-state index in [1.54, 1.807) is 57.7 Å². The molecular formula is C19H22N2O5. The quantitative estimate of drug-likeness (QED) is 0.580. The number of rotatable bonds is 8. The SMILES string of the molecule is CCOc1c(OC)cc(/C=N/NC(=O)c2cccc(OC)c2)cc1OC. The summed E-state index contributed by atoms with van der Waals surface area (Å²) < 4.78 is 21.3. The lowest BCUT2D eigenvalue weighted by atomic mass is 10.2. The lowest BCUT2D eigenvalue weighted by Crippen LogP contribution is -2.17. The molecule has 0 bridgehead atoms. The summed E-state index contributed by atoms with van der Waals surface area (Å²) in [6, 6.07) is 10.3. The predicted molar refractivity (Wildman–Crippen MR) is 98.8 cm³/mol. The molecule has 7 heteroatoms. The highest BCUT2D eigenvalue weighted by atomic mass is 16.5. The van der Waals surface area contributed by atoms with E-state index in [4.69, 9.17) is 18.9 Å². The van der Waals surface area contributed by atoms with Crippen molar-refractivity contribution in [3.63, 3.8) is 0 Å². The first-order valence-electron chi connectivity index (χ1n) is 7.99. The molecule has 2 rings (SSSR count). The van der Waals surface area contributed by atoms with Gasteiger partial charge in [-0.15, -0.1) is 0 Å². The van der Waals surface area contributed by atoms with Crippen molar-refractivity contribution in [3.8, 4) is 23.0 Å². The molecule has 0 aliphatic rings. The second-order valence-corrected chi connectivity index (χ2v) is 5.12. The number of carbonyl (C=O) groups is 1. The third-order valence-corrected chi connectivity index (χ3v) is 3.48. The Labute approximate surface area is 152 Å². The summed E-state index contributed by atoms with van der Waals surface area (Å²) in [4.78, 5) is 12.1. The number of methoxy groups -OCH3 is 3. The molecule has 0 saturated carbocycles. The Kier molecular flexibility index (Phi) is 6.84. The van der Waals surface area contributed by atoms with E-state index in [2.05, 4.69) is 10.5 Å². The van der Waals surface area contributed by atoms with Crippen LogP contribution < -0.4 is 24.4 Å². The fourth-order valence-electron chi connectivity index (χ4n) is 2.26. The van der Waals surface area contributed by atoms with Crippen molar-refractivity contribution in [1.82, 2.24) is 5.43 Å². The minimum Gasteiger partial charge on any atom is -0.497 e. The molecule has 0 radical (unpaired) electrons. The van der Waals surface area contributed by atoms with Gasteiger partial charge in [-0.3, -0.25) is 4.79 Å². The van der Waals surface area contributed by atoms with Gasteiger partial charge in [0, 0.05) is 11.1 Å². The predicted octanol–water partition coefficient (Wildman–Crippen LogP) is 2.88. The zero-order chi connectivity index (χ0) is 18.9. The van der Waals surface area contributed by atoms with Crippen LogP contribution >= 0.6 is 0 Å². The molecule has 0 aromatic heterocycles.